The minimum absolute atomic E-state index is 0.0679. The molecule has 0 spiro atoms. The maximum atomic E-state index is 13.8. The van der Waals surface area contributed by atoms with Crippen molar-refractivity contribution < 1.29 is 23.5 Å². The fraction of sp³-hybridized carbons (Fsp3) is 0.391. The molecule has 1 saturated heterocycles. The van der Waals surface area contributed by atoms with Gasteiger partial charge in [0.25, 0.3) is 5.91 Å². The van der Waals surface area contributed by atoms with Crippen LogP contribution in [0.3, 0.4) is 0 Å². The minimum atomic E-state index is -0.381. The monoisotopic (exact) mass is 412 g/mol. The maximum Gasteiger partial charge on any atom is 0.254 e. The number of carbonyl (C=O) groups excluding carboxylic acids is 2. The number of halogens is 1. The van der Waals surface area contributed by atoms with Crippen LogP contribution in [0.15, 0.2) is 36.4 Å². The summed E-state index contributed by atoms with van der Waals surface area (Å²) in [6.07, 6.45) is 1.02. The van der Waals surface area contributed by atoms with Crippen LogP contribution in [-0.4, -0.2) is 61.0 Å². The van der Waals surface area contributed by atoms with Gasteiger partial charge in [-0.05, 0) is 48.7 Å². The highest BCUT2D eigenvalue weighted by Crippen LogP contribution is 2.31. The number of hydrogen-bond donors (Lipinski definition) is 0. The van der Waals surface area contributed by atoms with E-state index in [1.54, 1.807) is 28.9 Å². The summed E-state index contributed by atoms with van der Waals surface area (Å²) in [7, 11) is 0. The van der Waals surface area contributed by atoms with Crippen molar-refractivity contribution in [2.75, 3.05) is 39.4 Å². The Kier molecular flexibility index (Phi) is 5.88. The van der Waals surface area contributed by atoms with E-state index in [1.165, 1.54) is 6.07 Å². The molecule has 158 valence electrons. The summed E-state index contributed by atoms with van der Waals surface area (Å²) in [4.78, 5) is 28.7. The number of hydrogen-bond acceptors (Lipinski definition) is 4. The number of ether oxygens (including phenoxy) is 2. The molecule has 6 nitrogen and oxygen atoms in total. The van der Waals surface area contributed by atoms with Crippen molar-refractivity contribution in [3.63, 3.8) is 0 Å². The zero-order valence-electron chi connectivity index (χ0n) is 17.0. The molecule has 2 amide bonds. The van der Waals surface area contributed by atoms with E-state index in [2.05, 4.69) is 0 Å². The molecule has 4 rings (SSSR count). The lowest BCUT2D eigenvalue weighted by Gasteiger charge is -2.35. The Balaban J connectivity index is 1.28. The van der Waals surface area contributed by atoms with Crippen molar-refractivity contribution >= 4 is 11.8 Å². The van der Waals surface area contributed by atoms with Gasteiger partial charge in [-0.2, -0.15) is 0 Å². The Hall–Kier alpha value is -3.09. The highest BCUT2D eigenvalue weighted by molar-refractivity contribution is 5.94. The highest BCUT2D eigenvalue weighted by atomic mass is 19.1. The van der Waals surface area contributed by atoms with E-state index in [-0.39, 0.29) is 17.6 Å². The first-order valence-electron chi connectivity index (χ1n) is 10.2. The van der Waals surface area contributed by atoms with Gasteiger partial charge in [0.15, 0.2) is 11.5 Å². The Labute approximate surface area is 175 Å². The standard InChI is InChI=1S/C23H25FN2O4/c1-16-2-5-18(15-19(16)24)23(28)26-10-8-25(9-11-26)22(27)7-4-17-3-6-20-21(14-17)30-13-12-29-20/h2-3,5-6,14-15H,4,7-13H2,1H3. The van der Waals surface area contributed by atoms with Crippen molar-refractivity contribution in [3.8, 4) is 11.5 Å². The lowest BCUT2D eigenvalue weighted by Crippen LogP contribution is -2.50. The molecule has 30 heavy (non-hydrogen) atoms. The second kappa shape index (κ2) is 8.73. The van der Waals surface area contributed by atoms with Crippen molar-refractivity contribution in [2.45, 2.75) is 19.8 Å². The Morgan fingerprint density at radius 3 is 2.37 bits per heavy atom. The first-order chi connectivity index (χ1) is 14.5. The molecule has 0 atom stereocenters. The van der Waals surface area contributed by atoms with Gasteiger partial charge in [-0.1, -0.05) is 12.1 Å². The molecular weight excluding hydrogens is 387 g/mol. The molecular formula is C23H25FN2O4. The Morgan fingerprint density at radius 1 is 0.933 bits per heavy atom. The fourth-order valence-corrected chi connectivity index (χ4v) is 3.72. The quantitative estimate of drug-likeness (QED) is 0.775. The maximum absolute atomic E-state index is 13.8. The lowest BCUT2D eigenvalue weighted by atomic mass is 10.1. The van der Waals surface area contributed by atoms with Gasteiger partial charge in [0.05, 0.1) is 0 Å². The van der Waals surface area contributed by atoms with Gasteiger partial charge < -0.3 is 19.3 Å². The Morgan fingerprint density at radius 2 is 1.63 bits per heavy atom. The van der Waals surface area contributed by atoms with Crippen molar-refractivity contribution in [1.82, 2.24) is 9.80 Å². The molecule has 0 radical (unpaired) electrons. The van der Waals surface area contributed by atoms with Gasteiger partial charge in [0, 0.05) is 38.2 Å². The first kappa shape index (κ1) is 20.2. The van der Waals surface area contributed by atoms with Gasteiger partial charge in [0.1, 0.15) is 19.0 Å². The van der Waals surface area contributed by atoms with E-state index >= 15 is 0 Å². The summed E-state index contributed by atoms with van der Waals surface area (Å²) in [5, 5.41) is 0. The molecule has 2 aliphatic rings. The van der Waals surface area contributed by atoms with E-state index in [9.17, 15) is 14.0 Å². The number of nitrogens with zero attached hydrogens (tertiary/aromatic N) is 2. The molecule has 2 heterocycles. The third-order valence-corrected chi connectivity index (χ3v) is 5.57. The topological polar surface area (TPSA) is 59.1 Å². The third kappa shape index (κ3) is 4.40. The van der Waals surface area contributed by atoms with Crippen LogP contribution in [0.4, 0.5) is 4.39 Å². The molecule has 0 aliphatic carbocycles. The van der Waals surface area contributed by atoms with Gasteiger partial charge in [-0.25, -0.2) is 4.39 Å². The fourth-order valence-electron chi connectivity index (χ4n) is 3.72. The van der Waals surface area contributed by atoms with Crippen LogP contribution in [0.25, 0.3) is 0 Å². The summed E-state index contributed by atoms with van der Waals surface area (Å²) in [5.41, 5.74) is 1.89. The van der Waals surface area contributed by atoms with Gasteiger partial charge in [-0.3, -0.25) is 9.59 Å². The predicted molar refractivity (Wildman–Crippen MR) is 109 cm³/mol. The van der Waals surface area contributed by atoms with Crippen LogP contribution in [-0.2, 0) is 11.2 Å². The van der Waals surface area contributed by atoms with Crippen molar-refractivity contribution in [1.29, 1.82) is 0 Å². The molecule has 2 aromatic rings. The first-order valence-corrected chi connectivity index (χ1v) is 10.2. The minimum Gasteiger partial charge on any atom is -0.486 e. The van der Waals surface area contributed by atoms with Gasteiger partial charge in [-0.15, -0.1) is 0 Å². The molecule has 0 saturated carbocycles. The van der Waals surface area contributed by atoms with E-state index in [0.717, 1.165) is 17.1 Å². The van der Waals surface area contributed by atoms with E-state index in [0.29, 0.717) is 63.4 Å². The molecule has 0 N–H and O–H groups in total. The van der Waals surface area contributed by atoms with Gasteiger partial charge >= 0.3 is 0 Å². The summed E-state index contributed by atoms with van der Waals surface area (Å²) in [6.45, 7) is 4.62. The second-order valence-corrected chi connectivity index (χ2v) is 7.61. The molecule has 0 bridgehead atoms. The number of piperazine rings is 1. The number of benzene rings is 2. The molecule has 0 unspecified atom stereocenters. The lowest BCUT2D eigenvalue weighted by molar-refractivity contribution is -0.132. The van der Waals surface area contributed by atoms with Crippen LogP contribution in [0.5, 0.6) is 11.5 Å². The molecule has 7 heteroatoms. The van der Waals surface area contributed by atoms with Crippen LogP contribution in [0.1, 0.15) is 27.9 Å². The van der Waals surface area contributed by atoms with Crippen molar-refractivity contribution in [2.24, 2.45) is 0 Å². The van der Waals surface area contributed by atoms with Crippen molar-refractivity contribution in [3.05, 3.63) is 58.9 Å². The number of amides is 2. The SMILES string of the molecule is Cc1ccc(C(=O)N2CCN(C(=O)CCc3ccc4c(c3)OCCO4)CC2)cc1F. The smallest absolute Gasteiger partial charge is 0.254 e. The molecule has 0 aromatic heterocycles. The molecule has 2 aliphatic heterocycles. The highest BCUT2D eigenvalue weighted by Gasteiger charge is 2.25. The van der Waals surface area contributed by atoms with Gasteiger partial charge in [0.2, 0.25) is 5.91 Å². The molecule has 1 fully saturated rings. The summed E-state index contributed by atoms with van der Waals surface area (Å²) < 4.78 is 24.9. The number of carbonyl (C=O) groups is 2. The number of aryl methyl sites for hydroxylation is 2. The number of fused-ring (bicyclic) bond motifs is 1. The normalized spacial score (nSPS) is 15.8. The Bertz CT molecular complexity index is 954. The zero-order chi connectivity index (χ0) is 21.1. The van der Waals surface area contributed by atoms with Crippen LogP contribution < -0.4 is 9.47 Å². The van der Waals surface area contributed by atoms with E-state index < -0.39 is 0 Å². The summed E-state index contributed by atoms with van der Waals surface area (Å²) >= 11 is 0. The van der Waals surface area contributed by atoms with Crippen LogP contribution in [0.2, 0.25) is 0 Å². The van der Waals surface area contributed by atoms with Crippen LogP contribution in [0, 0.1) is 12.7 Å². The number of rotatable bonds is 4. The molecule has 2 aromatic carbocycles. The zero-order valence-corrected chi connectivity index (χ0v) is 17.0. The summed E-state index contributed by atoms with van der Waals surface area (Å²) in [5.74, 6) is 0.959. The second-order valence-electron chi connectivity index (χ2n) is 7.61. The summed E-state index contributed by atoms with van der Waals surface area (Å²) in [6, 6.07) is 10.3. The van der Waals surface area contributed by atoms with E-state index in [4.69, 9.17) is 9.47 Å². The largest absolute Gasteiger partial charge is 0.486 e. The van der Waals surface area contributed by atoms with E-state index in [1.807, 2.05) is 18.2 Å². The third-order valence-electron chi connectivity index (χ3n) is 5.57. The average molecular weight is 412 g/mol. The predicted octanol–water partition coefficient (Wildman–Crippen LogP) is 2.82. The average Bonchev–Trinajstić information content (AvgIpc) is 2.78. The van der Waals surface area contributed by atoms with Crippen LogP contribution >= 0.6 is 0 Å².